The van der Waals surface area contributed by atoms with Gasteiger partial charge in [-0.2, -0.15) is 0 Å². The number of thiazole rings is 1. The maximum absolute atomic E-state index is 12.4. The highest BCUT2D eigenvalue weighted by Crippen LogP contribution is 2.13. The molecule has 0 saturated heterocycles. The van der Waals surface area contributed by atoms with Gasteiger partial charge in [0.05, 0.1) is 12.1 Å². The molecule has 3 rings (SSSR count). The molecule has 0 radical (unpaired) electrons. The van der Waals surface area contributed by atoms with Crippen LogP contribution in [0, 0.1) is 13.8 Å². The average Bonchev–Trinajstić information content (AvgIpc) is 2.94. The number of benzene rings is 1. The Kier molecular flexibility index (Phi) is 3.77. The molecule has 0 aliphatic carbocycles. The van der Waals surface area contributed by atoms with Crippen molar-refractivity contribution in [2.45, 2.75) is 20.3 Å². The van der Waals surface area contributed by atoms with Crippen LogP contribution in [0.3, 0.4) is 0 Å². The van der Waals surface area contributed by atoms with Crippen LogP contribution in [0.25, 0.3) is 4.96 Å². The van der Waals surface area contributed by atoms with E-state index >= 15 is 0 Å². The monoisotopic (exact) mass is 313 g/mol. The topological polar surface area (TPSA) is 63.5 Å². The number of aromatic nitrogens is 2. The summed E-state index contributed by atoms with van der Waals surface area (Å²) in [6, 6.07) is 7.74. The molecule has 3 aromatic rings. The van der Waals surface area contributed by atoms with E-state index in [0.717, 1.165) is 11.1 Å². The molecule has 1 amide bonds. The second-order valence-corrected chi connectivity index (χ2v) is 6.02. The summed E-state index contributed by atoms with van der Waals surface area (Å²) in [5, 5.41) is 4.49. The molecule has 0 spiro atoms. The number of anilines is 1. The molecule has 1 aromatic carbocycles. The van der Waals surface area contributed by atoms with E-state index in [1.54, 1.807) is 18.5 Å². The van der Waals surface area contributed by atoms with Crippen LogP contribution in [0.15, 0.2) is 40.6 Å². The largest absolute Gasteiger partial charge is 0.320 e. The van der Waals surface area contributed by atoms with Crippen molar-refractivity contribution in [3.05, 3.63) is 63.0 Å². The van der Waals surface area contributed by atoms with Gasteiger partial charge < -0.3 is 5.32 Å². The minimum atomic E-state index is -0.249. The zero-order chi connectivity index (χ0) is 15.7. The highest BCUT2D eigenvalue weighted by molar-refractivity contribution is 7.15. The normalized spacial score (nSPS) is 10.8. The molecule has 22 heavy (non-hydrogen) atoms. The minimum Gasteiger partial charge on any atom is -0.320 e. The lowest BCUT2D eigenvalue weighted by Crippen LogP contribution is -2.25. The van der Waals surface area contributed by atoms with Crippen LogP contribution < -0.4 is 10.9 Å². The molecule has 0 aliphatic rings. The van der Waals surface area contributed by atoms with Gasteiger partial charge >= 0.3 is 0 Å². The number of hydrogen-bond acceptors (Lipinski definition) is 4. The second kappa shape index (κ2) is 5.73. The number of hydrogen-bond donors (Lipinski definition) is 1. The number of aryl methyl sites for hydroxylation is 2. The summed E-state index contributed by atoms with van der Waals surface area (Å²) in [6.45, 7) is 3.72. The van der Waals surface area contributed by atoms with E-state index in [1.807, 2.05) is 31.2 Å². The molecule has 0 aliphatic heterocycles. The summed E-state index contributed by atoms with van der Waals surface area (Å²) < 4.78 is 1.44. The summed E-state index contributed by atoms with van der Waals surface area (Å²) in [7, 11) is 0. The van der Waals surface area contributed by atoms with Crippen molar-refractivity contribution in [2.24, 2.45) is 0 Å². The van der Waals surface area contributed by atoms with Crippen LogP contribution in [-0.4, -0.2) is 15.3 Å². The Morgan fingerprint density at radius 3 is 2.73 bits per heavy atom. The smallest absolute Gasteiger partial charge is 0.282 e. The summed E-state index contributed by atoms with van der Waals surface area (Å²) >= 11 is 1.39. The third-order valence-corrected chi connectivity index (χ3v) is 4.15. The van der Waals surface area contributed by atoms with Gasteiger partial charge in [0.15, 0.2) is 4.96 Å². The van der Waals surface area contributed by atoms with E-state index in [4.69, 9.17) is 0 Å². The Labute approximate surface area is 131 Å². The molecular formula is C16H15N3O2S. The standard InChI is InChI=1S/C16H15N3O2S/c1-10-3-5-12(6-4-10)9-13(20)18-14-11(2)17-16-19(15(14)21)7-8-22-16/h3-8H,9H2,1-2H3,(H,18,20). The van der Waals surface area contributed by atoms with Gasteiger partial charge in [0.2, 0.25) is 5.91 Å². The van der Waals surface area contributed by atoms with E-state index in [0.29, 0.717) is 10.7 Å². The third-order valence-electron chi connectivity index (χ3n) is 3.40. The number of carbonyl (C=O) groups is 1. The lowest BCUT2D eigenvalue weighted by Gasteiger charge is -2.08. The Hall–Kier alpha value is -2.47. The van der Waals surface area contributed by atoms with Gasteiger partial charge in [0.25, 0.3) is 5.56 Å². The number of rotatable bonds is 3. The van der Waals surface area contributed by atoms with Crippen LogP contribution in [-0.2, 0) is 11.2 Å². The van der Waals surface area contributed by atoms with Gasteiger partial charge in [-0.25, -0.2) is 4.98 Å². The molecule has 2 heterocycles. The first-order chi connectivity index (χ1) is 10.5. The van der Waals surface area contributed by atoms with Gasteiger partial charge in [0.1, 0.15) is 5.69 Å². The van der Waals surface area contributed by atoms with Crippen LogP contribution in [0.4, 0.5) is 5.69 Å². The highest BCUT2D eigenvalue weighted by atomic mass is 32.1. The predicted molar refractivity (Wildman–Crippen MR) is 87.6 cm³/mol. The van der Waals surface area contributed by atoms with Crippen molar-refractivity contribution in [3.8, 4) is 0 Å². The van der Waals surface area contributed by atoms with Crippen molar-refractivity contribution < 1.29 is 4.79 Å². The maximum atomic E-state index is 12.4. The number of carbonyl (C=O) groups excluding carboxylic acids is 1. The number of nitrogens with one attached hydrogen (secondary N) is 1. The third kappa shape index (κ3) is 2.78. The lowest BCUT2D eigenvalue weighted by atomic mass is 10.1. The Morgan fingerprint density at radius 2 is 2.00 bits per heavy atom. The zero-order valence-electron chi connectivity index (χ0n) is 12.3. The van der Waals surface area contributed by atoms with Crippen molar-refractivity contribution in [2.75, 3.05) is 5.32 Å². The zero-order valence-corrected chi connectivity index (χ0v) is 13.1. The molecule has 0 saturated carbocycles. The van der Waals surface area contributed by atoms with E-state index < -0.39 is 0 Å². The van der Waals surface area contributed by atoms with Crippen LogP contribution in [0.2, 0.25) is 0 Å². The van der Waals surface area contributed by atoms with E-state index in [9.17, 15) is 9.59 Å². The quantitative estimate of drug-likeness (QED) is 0.808. The average molecular weight is 313 g/mol. The number of amides is 1. The Morgan fingerprint density at radius 1 is 1.27 bits per heavy atom. The predicted octanol–water partition coefficient (Wildman–Crippen LogP) is 2.55. The minimum absolute atomic E-state index is 0.221. The summed E-state index contributed by atoms with van der Waals surface area (Å²) in [6.07, 6.45) is 1.88. The molecule has 6 heteroatoms. The highest BCUT2D eigenvalue weighted by Gasteiger charge is 2.13. The maximum Gasteiger partial charge on any atom is 0.282 e. The van der Waals surface area contributed by atoms with Crippen molar-refractivity contribution in [1.29, 1.82) is 0 Å². The van der Waals surface area contributed by atoms with Crippen LogP contribution >= 0.6 is 11.3 Å². The van der Waals surface area contributed by atoms with E-state index in [-0.39, 0.29) is 23.6 Å². The molecule has 0 atom stereocenters. The van der Waals surface area contributed by atoms with E-state index in [2.05, 4.69) is 10.3 Å². The second-order valence-electron chi connectivity index (χ2n) is 5.14. The van der Waals surface area contributed by atoms with Gasteiger partial charge in [0, 0.05) is 11.6 Å². The first kappa shape index (κ1) is 14.5. The van der Waals surface area contributed by atoms with E-state index in [1.165, 1.54) is 15.7 Å². The Balaban J connectivity index is 1.85. The van der Waals surface area contributed by atoms with Crippen molar-refractivity contribution in [3.63, 3.8) is 0 Å². The number of nitrogens with zero attached hydrogens (tertiary/aromatic N) is 2. The fourth-order valence-electron chi connectivity index (χ4n) is 2.20. The molecular weight excluding hydrogens is 298 g/mol. The molecule has 2 aromatic heterocycles. The first-order valence-corrected chi connectivity index (χ1v) is 7.74. The van der Waals surface area contributed by atoms with Crippen LogP contribution in [0.1, 0.15) is 16.8 Å². The fraction of sp³-hybridized carbons (Fsp3) is 0.188. The van der Waals surface area contributed by atoms with Gasteiger partial charge in [-0.3, -0.25) is 14.0 Å². The summed E-state index contributed by atoms with van der Waals surface area (Å²) in [4.78, 5) is 29.5. The first-order valence-electron chi connectivity index (χ1n) is 6.86. The van der Waals surface area contributed by atoms with Gasteiger partial charge in [-0.1, -0.05) is 29.8 Å². The van der Waals surface area contributed by atoms with Crippen LogP contribution in [0.5, 0.6) is 0 Å². The lowest BCUT2D eigenvalue weighted by molar-refractivity contribution is -0.115. The molecule has 5 nitrogen and oxygen atoms in total. The SMILES string of the molecule is Cc1ccc(CC(=O)Nc2c(C)nc3sccn3c2=O)cc1. The summed E-state index contributed by atoms with van der Waals surface area (Å²) in [5.41, 5.74) is 2.58. The molecule has 0 fully saturated rings. The van der Waals surface area contributed by atoms with Crippen molar-refractivity contribution >= 4 is 27.9 Å². The molecule has 0 bridgehead atoms. The number of fused-ring (bicyclic) bond motifs is 1. The molecule has 1 N–H and O–H groups in total. The van der Waals surface area contributed by atoms with Gasteiger partial charge in [-0.15, -0.1) is 11.3 Å². The Bertz CT molecular complexity index is 894. The summed E-state index contributed by atoms with van der Waals surface area (Å²) in [5.74, 6) is -0.221. The van der Waals surface area contributed by atoms with Gasteiger partial charge in [-0.05, 0) is 19.4 Å². The van der Waals surface area contributed by atoms with Crippen molar-refractivity contribution in [1.82, 2.24) is 9.38 Å². The fourth-order valence-corrected chi connectivity index (χ4v) is 2.95. The molecule has 0 unspecified atom stereocenters. The molecule has 112 valence electrons.